The van der Waals surface area contributed by atoms with Crippen LogP contribution in [-0.4, -0.2) is 12.6 Å². The average molecular weight is 272 g/mol. The molecule has 0 heterocycles. The van der Waals surface area contributed by atoms with Gasteiger partial charge in [-0.1, -0.05) is 28.1 Å². The minimum Gasteiger partial charge on any atom is -0.445 e. The van der Waals surface area contributed by atoms with E-state index in [2.05, 4.69) is 21.2 Å². The fraction of sp³-hybridized carbons (Fsp3) is 0.364. The third kappa shape index (κ3) is 3.91. The smallest absolute Gasteiger partial charge is 0.407 e. The molecule has 0 spiro atoms. The molecule has 1 aromatic carbocycles. The fourth-order valence-corrected chi connectivity index (χ4v) is 1.39. The first kappa shape index (κ1) is 12.0. The van der Waals surface area contributed by atoms with Gasteiger partial charge in [-0.05, 0) is 31.0 Å². The molecule has 0 fully saturated rings. The van der Waals surface area contributed by atoms with Crippen molar-refractivity contribution in [3.8, 4) is 0 Å². The van der Waals surface area contributed by atoms with E-state index < -0.39 is 0 Å². The van der Waals surface area contributed by atoms with Crippen LogP contribution in [0.3, 0.4) is 0 Å². The van der Waals surface area contributed by atoms with Crippen molar-refractivity contribution >= 4 is 22.0 Å². The SMILES string of the molecule is CCNC(=O)OCc1ccc(Br)c(C)c1. The predicted octanol–water partition coefficient (Wildman–Crippen LogP) is 3.00. The van der Waals surface area contributed by atoms with Crippen LogP contribution in [-0.2, 0) is 11.3 Å². The normalized spacial score (nSPS) is 9.80. The molecule has 0 atom stereocenters. The minimum atomic E-state index is -0.377. The molecule has 0 unspecified atom stereocenters. The molecule has 0 aromatic heterocycles. The second-order valence-electron chi connectivity index (χ2n) is 3.19. The first-order valence-corrected chi connectivity index (χ1v) is 5.58. The number of rotatable bonds is 3. The number of carbonyl (C=O) groups is 1. The summed E-state index contributed by atoms with van der Waals surface area (Å²) in [4.78, 5) is 11.0. The van der Waals surface area contributed by atoms with Crippen molar-refractivity contribution in [1.82, 2.24) is 5.32 Å². The Labute approximate surface area is 97.9 Å². The molecule has 1 rings (SSSR count). The first-order chi connectivity index (χ1) is 7.13. The molecule has 0 aliphatic heterocycles. The van der Waals surface area contributed by atoms with Gasteiger partial charge < -0.3 is 10.1 Å². The number of aryl methyl sites for hydroxylation is 1. The molecule has 0 saturated carbocycles. The van der Waals surface area contributed by atoms with Crippen LogP contribution < -0.4 is 5.32 Å². The number of hydrogen-bond acceptors (Lipinski definition) is 2. The molecule has 1 aromatic rings. The number of carbonyl (C=O) groups excluding carboxylic acids is 1. The van der Waals surface area contributed by atoms with Gasteiger partial charge >= 0.3 is 6.09 Å². The minimum absolute atomic E-state index is 0.306. The van der Waals surface area contributed by atoms with E-state index in [0.29, 0.717) is 13.2 Å². The predicted molar refractivity (Wildman–Crippen MR) is 62.7 cm³/mol. The van der Waals surface area contributed by atoms with Gasteiger partial charge in [-0.15, -0.1) is 0 Å². The van der Waals surface area contributed by atoms with Crippen LogP contribution >= 0.6 is 15.9 Å². The van der Waals surface area contributed by atoms with Crippen molar-refractivity contribution in [2.75, 3.05) is 6.54 Å². The fourth-order valence-electron chi connectivity index (χ4n) is 1.14. The lowest BCUT2D eigenvalue weighted by molar-refractivity contribution is 0.140. The zero-order valence-electron chi connectivity index (χ0n) is 8.84. The van der Waals surface area contributed by atoms with Crippen molar-refractivity contribution in [3.63, 3.8) is 0 Å². The molecule has 0 radical (unpaired) electrons. The van der Waals surface area contributed by atoms with Crippen LogP contribution in [0.15, 0.2) is 22.7 Å². The Bertz CT molecular complexity index is 352. The highest BCUT2D eigenvalue weighted by atomic mass is 79.9. The molecule has 0 aliphatic carbocycles. The highest BCUT2D eigenvalue weighted by Crippen LogP contribution is 2.17. The molecule has 0 aliphatic rings. The maximum atomic E-state index is 11.0. The van der Waals surface area contributed by atoms with E-state index in [0.717, 1.165) is 15.6 Å². The van der Waals surface area contributed by atoms with Gasteiger partial charge in [0.1, 0.15) is 6.61 Å². The number of amides is 1. The van der Waals surface area contributed by atoms with Crippen molar-refractivity contribution in [2.45, 2.75) is 20.5 Å². The topological polar surface area (TPSA) is 38.3 Å². The lowest BCUT2D eigenvalue weighted by Crippen LogP contribution is -2.23. The molecule has 0 saturated heterocycles. The second-order valence-corrected chi connectivity index (χ2v) is 4.04. The number of hydrogen-bond donors (Lipinski definition) is 1. The number of ether oxygens (including phenoxy) is 1. The van der Waals surface area contributed by atoms with Gasteiger partial charge in [0.2, 0.25) is 0 Å². The van der Waals surface area contributed by atoms with E-state index in [1.54, 1.807) is 0 Å². The lowest BCUT2D eigenvalue weighted by Gasteiger charge is -2.06. The van der Waals surface area contributed by atoms with E-state index in [-0.39, 0.29) is 6.09 Å². The quantitative estimate of drug-likeness (QED) is 0.918. The van der Waals surface area contributed by atoms with E-state index in [9.17, 15) is 4.79 Å². The van der Waals surface area contributed by atoms with Crippen molar-refractivity contribution < 1.29 is 9.53 Å². The number of benzene rings is 1. The van der Waals surface area contributed by atoms with Crippen LogP contribution in [0.1, 0.15) is 18.1 Å². The Morgan fingerprint density at radius 1 is 1.53 bits per heavy atom. The van der Waals surface area contributed by atoms with Gasteiger partial charge in [-0.2, -0.15) is 0 Å². The molecular formula is C11H14BrNO2. The van der Waals surface area contributed by atoms with Gasteiger partial charge in [-0.25, -0.2) is 4.79 Å². The zero-order valence-corrected chi connectivity index (χ0v) is 10.4. The molecule has 15 heavy (non-hydrogen) atoms. The molecule has 4 heteroatoms. The average Bonchev–Trinajstić information content (AvgIpc) is 2.20. The standard InChI is InChI=1S/C11H14BrNO2/c1-3-13-11(14)15-7-9-4-5-10(12)8(2)6-9/h4-6H,3,7H2,1-2H3,(H,13,14). The second kappa shape index (κ2) is 5.75. The van der Waals surface area contributed by atoms with Gasteiger partial charge in [0, 0.05) is 11.0 Å². The Morgan fingerprint density at radius 3 is 2.87 bits per heavy atom. The molecule has 82 valence electrons. The van der Waals surface area contributed by atoms with E-state index in [1.807, 2.05) is 32.0 Å². The van der Waals surface area contributed by atoms with E-state index >= 15 is 0 Å². The van der Waals surface area contributed by atoms with E-state index in [1.165, 1.54) is 0 Å². The van der Waals surface area contributed by atoms with Crippen molar-refractivity contribution in [2.24, 2.45) is 0 Å². The summed E-state index contributed by atoms with van der Waals surface area (Å²) in [5.74, 6) is 0. The molecular weight excluding hydrogens is 258 g/mol. The van der Waals surface area contributed by atoms with Crippen LogP contribution in [0.4, 0.5) is 4.79 Å². The maximum Gasteiger partial charge on any atom is 0.407 e. The third-order valence-corrected chi connectivity index (χ3v) is 2.80. The summed E-state index contributed by atoms with van der Waals surface area (Å²) < 4.78 is 6.06. The summed E-state index contributed by atoms with van der Waals surface area (Å²) in [6, 6.07) is 5.87. The number of nitrogens with one attached hydrogen (secondary N) is 1. The summed E-state index contributed by atoms with van der Waals surface area (Å²) in [6.07, 6.45) is -0.377. The largest absolute Gasteiger partial charge is 0.445 e. The Morgan fingerprint density at radius 2 is 2.27 bits per heavy atom. The zero-order chi connectivity index (χ0) is 11.3. The van der Waals surface area contributed by atoms with Gasteiger partial charge in [-0.3, -0.25) is 0 Å². The van der Waals surface area contributed by atoms with Crippen LogP contribution in [0.25, 0.3) is 0 Å². The first-order valence-electron chi connectivity index (χ1n) is 4.79. The Hall–Kier alpha value is -1.03. The molecule has 1 N–H and O–H groups in total. The highest BCUT2D eigenvalue weighted by molar-refractivity contribution is 9.10. The van der Waals surface area contributed by atoms with Crippen molar-refractivity contribution in [3.05, 3.63) is 33.8 Å². The van der Waals surface area contributed by atoms with Crippen LogP contribution in [0, 0.1) is 6.92 Å². The molecule has 3 nitrogen and oxygen atoms in total. The summed E-state index contributed by atoms with van der Waals surface area (Å²) in [7, 11) is 0. The van der Waals surface area contributed by atoms with Crippen LogP contribution in [0.2, 0.25) is 0 Å². The van der Waals surface area contributed by atoms with Gasteiger partial charge in [0.05, 0.1) is 0 Å². The summed E-state index contributed by atoms with van der Waals surface area (Å²) in [5, 5.41) is 2.57. The Balaban J connectivity index is 2.51. The summed E-state index contributed by atoms with van der Waals surface area (Å²) in [5.41, 5.74) is 2.12. The summed E-state index contributed by atoms with van der Waals surface area (Å²) in [6.45, 7) is 4.74. The Kier molecular flexibility index (Phi) is 4.62. The molecule has 1 amide bonds. The maximum absolute atomic E-state index is 11.0. The number of halogens is 1. The third-order valence-electron chi connectivity index (χ3n) is 1.91. The van der Waals surface area contributed by atoms with Crippen molar-refractivity contribution in [1.29, 1.82) is 0 Å². The van der Waals surface area contributed by atoms with Gasteiger partial charge in [0.25, 0.3) is 0 Å². The molecule has 0 bridgehead atoms. The number of alkyl carbamates (subject to hydrolysis) is 1. The summed E-state index contributed by atoms with van der Waals surface area (Å²) >= 11 is 3.41. The van der Waals surface area contributed by atoms with Crippen LogP contribution in [0.5, 0.6) is 0 Å². The highest BCUT2D eigenvalue weighted by Gasteiger charge is 2.01. The lowest BCUT2D eigenvalue weighted by atomic mass is 10.1. The van der Waals surface area contributed by atoms with Gasteiger partial charge in [0.15, 0.2) is 0 Å². The monoisotopic (exact) mass is 271 g/mol. The van der Waals surface area contributed by atoms with E-state index in [4.69, 9.17) is 4.74 Å².